The average Bonchev–Trinajstić information content (AvgIpc) is 2.69. The maximum Gasteiger partial charge on any atom is 0.251 e. The number of benzene rings is 1. The first-order valence-electron chi connectivity index (χ1n) is 9.55. The molecule has 2 aliphatic heterocycles. The molecular weight excluding hydrogens is 378 g/mol. The zero-order chi connectivity index (χ0) is 18.8. The van der Waals surface area contributed by atoms with Gasteiger partial charge in [0.2, 0.25) is 5.91 Å². The molecule has 1 amide bonds. The second-order valence-corrected chi connectivity index (χ2v) is 7.53. The highest BCUT2D eigenvalue weighted by Crippen LogP contribution is 2.38. The highest BCUT2D eigenvalue weighted by atomic mass is 35.5. The fourth-order valence-corrected chi connectivity index (χ4v) is 4.42. The van der Waals surface area contributed by atoms with E-state index >= 15 is 0 Å². The Hall–Kier alpha value is -2.15. The number of rotatable bonds is 5. The van der Waals surface area contributed by atoms with Gasteiger partial charge in [0, 0.05) is 43.7 Å². The number of hydrogen-bond acceptors (Lipinski definition) is 4. The van der Waals surface area contributed by atoms with Gasteiger partial charge in [-0.1, -0.05) is 36.4 Å². The van der Waals surface area contributed by atoms with Crippen molar-refractivity contribution in [1.82, 2.24) is 15.2 Å². The van der Waals surface area contributed by atoms with Crippen LogP contribution in [0.1, 0.15) is 29.6 Å². The number of hydrogen-bond donors (Lipinski definition) is 3. The second kappa shape index (κ2) is 8.90. The minimum absolute atomic E-state index is 0. The van der Waals surface area contributed by atoms with E-state index in [2.05, 4.69) is 10.6 Å². The van der Waals surface area contributed by atoms with E-state index in [0.29, 0.717) is 18.4 Å². The van der Waals surface area contributed by atoms with Crippen LogP contribution in [0.25, 0.3) is 0 Å². The first-order valence-corrected chi connectivity index (χ1v) is 9.55. The Labute approximate surface area is 170 Å². The number of piperidine rings is 1. The molecule has 1 fully saturated rings. The van der Waals surface area contributed by atoms with Crippen molar-refractivity contribution in [2.75, 3.05) is 19.6 Å². The number of pyridine rings is 1. The quantitative estimate of drug-likeness (QED) is 0.701. The summed E-state index contributed by atoms with van der Waals surface area (Å²) < 4.78 is 1.85. The molecule has 28 heavy (non-hydrogen) atoms. The number of aliphatic hydroxyl groups excluding tert-OH is 1. The van der Waals surface area contributed by atoms with Crippen molar-refractivity contribution in [3.8, 4) is 0 Å². The number of nitrogens with zero attached hydrogens (tertiary/aromatic N) is 1. The van der Waals surface area contributed by atoms with Crippen LogP contribution in [0.3, 0.4) is 0 Å². The summed E-state index contributed by atoms with van der Waals surface area (Å²) in [6.45, 7) is 2.07. The Morgan fingerprint density at radius 3 is 2.75 bits per heavy atom. The third kappa shape index (κ3) is 4.14. The lowest BCUT2D eigenvalue weighted by Crippen LogP contribution is -2.51. The molecule has 2 aromatic rings. The van der Waals surface area contributed by atoms with Gasteiger partial charge in [0.25, 0.3) is 5.56 Å². The smallest absolute Gasteiger partial charge is 0.251 e. The summed E-state index contributed by atoms with van der Waals surface area (Å²) in [7, 11) is 0. The summed E-state index contributed by atoms with van der Waals surface area (Å²) >= 11 is 0. The van der Waals surface area contributed by atoms with Gasteiger partial charge in [0.1, 0.15) is 6.10 Å². The summed E-state index contributed by atoms with van der Waals surface area (Å²) in [5.74, 6) is 0.242. The van der Waals surface area contributed by atoms with Crippen LogP contribution in [0.5, 0.6) is 0 Å². The molecule has 0 spiro atoms. The standard InChI is InChI=1S/C21H25N3O3.ClH/c25-19(9-14-5-2-1-3-6-14)21(27)23-13-18-16-10-15(11-22-12-16)17-7-4-8-20(26)24(17)18;/h1-8,15-16,18-19,22,25H,9-13H2,(H,23,27);1H/t15-,16+,18+,19+;/m1./s1. The lowest BCUT2D eigenvalue weighted by molar-refractivity contribution is -0.129. The van der Waals surface area contributed by atoms with Gasteiger partial charge >= 0.3 is 0 Å². The highest BCUT2D eigenvalue weighted by molar-refractivity contribution is 5.85. The molecule has 1 aromatic heterocycles. The maximum atomic E-state index is 12.5. The van der Waals surface area contributed by atoms with Gasteiger partial charge in [0.15, 0.2) is 0 Å². The SMILES string of the molecule is Cl.O=C(NC[C@H]1[C@@H]2CNC[C@@H](C2)c2cccc(=O)n21)[C@@H](O)Cc1ccccc1. The van der Waals surface area contributed by atoms with E-state index in [1.807, 2.05) is 47.0 Å². The zero-order valence-electron chi connectivity index (χ0n) is 15.6. The number of amides is 1. The number of nitrogens with one attached hydrogen (secondary N) is 2. The Morgan fingerprint density at radius 1 is 1.18 bits per heavy atom. The number of carbonyl (C=O) groups excluding carboxylic acids is 1. The van der Waals surface area contributed by atoms with Gasteiger partial charge < -0.3 is 20.3 Å². The fraction of sp³-hybridized carbons (Fsp3) is 0.429. The normalized spacial score (nSPS) is 23.8. The van der Waals surface area contributed by atoms with Gasteiger partial charge in [-0.05, 0) is 24.0 Å². The topological polar surface area (TPSA) is 83.4 Å². The molecule has 1 aromatic carbocycles. The molecule has 0 unspecified atom stereocenters. The molecule has 150 valence electrons. The van der Waals surface area contributed by atoms with Gasteiger partial charge in [-0.3, -0.25) is 9.59 Å². The van der Waals surface area contributed by atoms with Crippen LogP contribution >= 0.6 is 12.4 Å². The maximum absolute atomic E-state index is 12.5. The molecule has 4 rings (SSSR count). The van der Waals surface area contributed by atoms with Crippen molar-refractivity contribution in [3.63, 3.8) is 0 Å². The first-order chi connectivity index (χ1) is 13.1. The first kappa shape index (κ1) is 20.6. The number of aliphatic hydroxyl groups is 1. The molecule has 2 bridgehead atoms. The van der Waals surface area contributed by atoms with Crippen LogP contribution in [-0.4, -0.2) is 41.3 Å². The molecule has 1 saturated heterocycles. The molecule has 0 radical (unpaired) electrons. The van der Waals surface area contributed by atoms with Crippen LogP contribution in [0, 0.1) is 5.92 Å². The number of carbonyl (C=O) groups is 1. The summed E-state index contributed by atoms with van der Waals surface area (Å²) in [4.78, 5) is 24.9. The summed E-state index contributed by atoms with van der Waals surface area (Å²) in [6.07, 6.45) is 0.199. The van der Waals surface area contributed by atoms with E-state index in [1.54, 1.807) is 6.07 Å². The van der Waals surface area contributed by atoms with Crippen LogP contribution in [0.2, 0.25) is 0 Å². The van der Waals surface area contributed by atoms with Crippen molar-refractivity contribution < 1.29 is 9.90 Å². The molecule has 7 heteroatoms. The molecule has 0 saturated carbocycles. The van der Waals surface area contributed by atoms with E-state index in [4.69, 9.17) is 0 Å². The highest BCUT2D eigenvalue weighted by Gasteiger charge is 2.37. The van der Waals surface area contributed by atoms with E-state index in [9.17, 15) is 14.7 Å². The van der Waals surface area contributed by atoms with E-state index in [-0.39, 0.29) is 30.4 Å². The number of fused-ring (bicyclic) bond motifs is 4. The summed E-state index contributed by atoms with van der Waals surface area (Å²) in [6, 6.07) is 14.8. The van der Waals surface area contributed by atoms with Gasteiger partial charge in [-0.2, -0.15) is 0 Å². The third-order valence-electron chi connectivity index (χ3n) is 5.76. The van der Waals surface area contributed by atoms with Gasteiger partial charge in [0.05, 0.1) is 6.04 Å². The largest absolute Gasteiger partial charge is 0.383 e. The lowest BCUT2D eigenvalue weighted by Gasteiger charge is -2.43. The van der Waals surface area contributed by atoms with Crippen LogP contribution < -0.4 is 16.2 Å². The molecule has 2 aliphatic rings. The molecule has 4 atom stereocenters. The predicted molar refractivity (Wildman–Crippen MR) is 110 cm³/mol. The Morgan fingerprint density at radius 2 is 1.96 bits per heavy atom. The van der Waals surface area contributed by atoms with E-state index < -0.39 is 12.0 Å². The van der Waals surface area contributed by atoms with Crippen molar-refractivity contribution in [2.24, 2.45) is 5.92 Å². The Kier molecular flexibility index (Phi) is 6.54. The van der Waals surface area contributed by atoms with E-state index in [1.165, 1.54) is 0 Å². The van der Waals surface area contributed by atoms with Crippen molar-refractivity contribution in [2.45, 2.75) is 30.9 Å². The predicted octanol–water partition coefficient (Wildman–Crippen LogP) is 1.24. The lowest BCUT2D eigenvalue weighted by atomic mass is 9.79. The molecule has 3 heterocycles. The molecule has 6 nitrogen and oxygen atoms in total. The van der Waals surface area contributed by atoms with Crippen LogP contribution in [0.15, 0.2) is 53.3 Å². The monoisotopic (exact) mass is 403 g/mol. The van der Waals surface area contributed by atoms with Crippen molar-refractivity contribution in [3.05, 3.63) is 70.1 Å². The van der Waals surface area contributed by atoms with Crippen molar-refractivity contribution in [1.29, 1.82) is 0 Å². The fourth-order valence-electron chi connectivity index (χ4n) is 4.42. The molecule has 0 aliphatic carbocycles. The zero-order valence-corrected chi connectivity index (χ0v) is 16.4. The van der Waals surface area contributed by atoms with Crippen LogP contribution in [0.4, 0.5) is 0 Å². The second-order valence-electron chi connectivity index (χ2n) is 7.53. The summed E-state index contributed by atoms with van der Waals surface area (Å²) in [5.41, 5.74) is 1.93. The summed E-state index contributed by atoms with van der Waals surface area (Å²) in [5, 5.41) is 16.5. The van der Waals surface area contributed by atoms with Gasteiger partial charge in [-0.15, -0.1) is 12.4 Å². The number of halogens is 1. The third-order valence-corrected chi connectivity index (χ3v) is 5.76. The minimum Gasteiger partial charge on any atom is -0.383 e. The van der Waals surface area contributed by atoms with Gasteiger partial charge in [-0.25, -0.2) is 0 Å². The Bertz CT molecular complexity index is 871. The Balaban J connectivity index is 0.00000225. The average molecular weight is 404 g/mol. The molecular formula is C21H26ClN3O3. The van der Waals surface area contributed by atoms with Crippen molar-refractivity contribution >= 4 is 18.3 Å². The minimum atomic E-state index is -1.10. The number of aromatic nitrogens is 1. The van der Waals surface area contributed by atoms with E-state index in [0.717, 1.165) is 30.8 Å². The molecule has 3 N–H and O–H groups in total. The van der Waals surface area contributed by atoms with Crippen LogP contribution in [-0.2, 0) is 11.2 Å².